The maximum Gasteiger partial charge on any atom is 0.266 e. The van der Waals surface area contributed by atoms with E-state index < -0.39 is 28.0 Å². The second-order valence-electron chi connectivity index (χ2n) is 9.69. The predicted molar refractivity (Wildman–Crippen MR) is 142 cm³/mol. The third-order valence-electron chi connectivity index (χ3n) is 7.44. The topological polar surface area (TPSA) is 81.2 Å². The number of carbonyl (C=O) groups excluding carboxylic acids is 2. The lowest BCUT2D eigenvalue weighted by Gasteiger charge is -2.33. The number of carbonyl (C=O) groups is 2. The Balaban J connectivity index is 1.25. The van der Waals surface area contributed by atoms with Crippen molar-refractivity contribution in [2.45, 2.75) is 61.4 Å². The molecule has 196 valence electrons. The van der Waals surface area contributed by atoms with Gasteiger partial charge >= 0.3 is 0 Å². The minimum atomic E-state index is -4.06. The summed E-state index contributed by atoms with van der Waals surface area (Å²) in [5.41, 5.74) is 0. The van der Waals surface area contributed by atoms with Gasteiger partial charge in [-0.2, -0.15) is 0 Å². The van der Waals surface area contributed by atoms with E-state index in [1.54, 1.807) is 13.0 Å². The lowest BCUT2D eigenvalue weighted by molar-refractivity contribution is -0.144. The van der Waals surface area contributed by atoms with Crippen LogP contribution in [0.15, 0.2) is 33.9 Å². The molecule has 0 unspecified atom stereocenters. The van der Waals surface area contributed by atoms with Gasteiger partial charge in [0, 0.05) is 35.4 Å². The highest BCUT2D eigenvalue weighted by Crippen LogP contribution is 2.37. The molecule has 0 saturated carbocycles. The first kappa shape index (κ1) is 26.1. The standard InChI is InChI=1S/C24H31ClN4O4S3/c1-17(23(30)28-13-4-6-18(28)16-26-11-2-3-12-26)27-14-10-19(24(27)31)29(25)36(32,33)22-9-8-21(35-22)20-7-5-15-34-20/h5,7-9,15,17-19H,2-4,6,10-14,16H2,1H3/t17-,18-,19-/m0/s1. The summed E-state index contributed by atoms with van der Waals surface area (Å²) in [7, 11) is -4.06. The van der Waals surface area contributed by atoms with Gasteiger partial charge in [-0.05, 0) is 87.5 Å². The van der Waals surface area contributed by atoms with Crippen LogP contribution in [0.1, 0.15) is 39.0 Å². The average Bonchev–Trinajstić information content (AvgIpc) is 3.68. The normalized spacial score (nSPS) is 24.4. The summed E-state index contributed by atoms with van der Waals surface area (Å²) in [5.74, 6) is -0.478. The van der Waals surface area contributed by atoms with E-state index in [1.165, 1.54) is 35.1 Å². The largest absolute Gasteiger partial charge is 0.337 e. The van der Waals surface area contributed by atoms with Crippen LogP contribution in [-0.2, 0) is 19.6 Å². The summed E-state index contributed by atoms with van der Waals surface area (Å²) < 4.78 is 27.2. The molecule has 0 N–H and O–H groups in total. The predicted octanol–water partition coefficient (Wildman–Crippen LogP) is 3.70. The molecular formula is C24H31ClN4O4S3. The van der Waals surface area contributed by atoms with E-state index in [4.69, 9.17) is 11.8 Å². The summed E-state index contributed by atoms with van der Waals surface area (Å²) in [6.45, 7) is 5.79. The van der Waals surface area contributed by atoms with E-state index in [-0.39, 0.29) is 22.6 Å². The number of halogens is 1. The summed E-state index contributed by atoms with van der Waals surface area (Å²) in [6, 6.07) is 5.62. The van der Waals surface area contributed by atoms with Crippen molar-refractivity contribution in [3.63, 3.8) is 0 Å². The molecular weight excluding hydrogens is 540 g/mol. The van der Waals surface area contributed by atoms with Crippen LogP contribution in [0.25, 0.3) is 9.75 Å². The lowest BCUT2D eigenvalue weighted by Crippen LogP contribution is -2.52. The number of hydrogen-bond acceptors (Lipinski definition) is 7. The van der Waals surface area contributed by atoms with Crippen LogP contribution in [0.4, 0.5) is 0 Å². The van der Waals surface area contributed by atoms with Crippen LogP contribution in [0.5, 0.6) is 0 Å². The van der Waals surface area contributed by atoms with E-state index in [1.807, 2.05) is 22.4 Å². The molecule has 5 heterocycles. The molecule has 0 spiro atoms. The Hall–Kier alpha value is -1.50. The van der Waals surface area contributed by atoms with E-state index in [2.05, 4.69) is 4.90 Å². The second kappa shape index (κ2) is 10.7. The fraction of sp³-hybridized carbons (Fsp3) is 0.583. The fourth-order valence-electron chi connectivity index (χ4n) is 5.47. The quantitative estimate of drug-likeness (QED) is 0.452. The maximum atomic E-state index is 13.4. The van der Waals surface area contributed by atoms with Crippen molar-refractivity contribution in [1.82, 2.24) is 18.5 Å². The van der Waals surface area contributed by atoms with Crippen molar-refractivity contribution < 1.29 is 18.0 Å². The van der Waals surface area contributed by atoms with Crippen molar-refractivity contribution in [3.05, 3.63) is 29.6 Å². The fourth-order valence-corrected chi connectivity index (χ4v) is 9.45. The van der Waals surface area contributed by atoms with Crippen molar-refractivity contribution in [1.29, 1.82) is 0 Å². The first-order valence-electron chi connectivity index (χ1n) is 12.4. The summed E-state index contributed by atoms with van der Waals surface area (Å²) in [6.07, 6.45) is 4.61. The van der Waals surface area contributed by atoms with Gasteiger partial charge in [-0.15, -0.1) is 22.7 Å². The SMILES string of the molecule is C[C@@H](C(=O)N1CCC[C@H]1CN1CCCC1)N1CC[C@H](N(Cl)S(=O)(=O)c2ccc(-c3cccs3)s2)C1=O. The Labute approximate surface area is 225 Å². The second-order valence-corrected chi connectivity index (χ2v) is 14.3. The highest BCUT2D eigenvalue weighted by molar-refractivity contribution is 7.92. The molecule has 0 bridgehead atoms. The molecule has 5 rings (SSSR count). The molecule has 3 atom stereocenters. The van der Waals surface area contributed by atoms with Crippen LogP contribution in [0.2, 0.25) is 0 Å². The number of likely N-dealkylation sites (tertiary alicyclic amines) is 3. The molecule has 3 aliphatic heterocycles. The lowest BCUT2D eigenvalue weighted by atomic mass is 10.2. The number of nitrogens with zero attached hydrogens (tertiary/aromatic N) is 4. The molecule has 8 nitrogen and oxygen atoms in total. The maximum absolute atomic E-state index is 13.4. The third kappa shape index (κ3) is 4.98. The van der Waals surface area contributed by atoms with Gasteiger partial charge in [-0.1, -0.05) is 9.89 Å². The van der Waals surface area contributed by atoms with Gasteiger partial charge in [0.15, 0.2) is 0 Å². The third-order valence-corrected chi connectivity index (χ3v) is 12.4. The Morgan fingerprint density at radius 1 is 1.11 bits per heavy atom. The van der Waals surface area contributed by atoms with Crippen LogP contribution in [0.3, 0.4) is 0 Å². The van der Waals surface area contributed by atoms with Crippen molar-refractivity contribution in [2.24, 2.45) is 0 Å². The zero-order valence-corrected chi connectivity index (χ0v) is 23.4. The zero-order chi connectivity index (χ0) is 25.4. The van der Waals surface area contributed by atoms with Crippen LogP contribution < -0.4 is 0 Å². The minimum Gasteiger partial charge on any atom is -0.337 e. The number of sulfonamides is 1. The Morgan fingerprint density at radius 3 is 2.61 bits per heavy atom. The summed E-state index contributed by atoms with van der Waals surface area (Å²) >= 11 is 9.01. The Morgan fingerprint density at radius 2 is 1.89 bits per heavy atom. The smallest absolute Gasteiger partial charge is 0.266 e. The molecule has 3 aliphatic rings. The monoisotopic (exact) mass is 570 g/mol. The van der Waals surface area contributed by atoms with E-state index in [0.717, 1.165) is 53.6 Å². The van der Waals surface area contributed by atoms with Gasteiger partial charge in [0.05, 0.1) is 0 Å². The molecule has 0 radical (unpaired) electrons. The molecule has 12 heteroatoms. The first-order valence-corrected chi connectivity index (χ1v) is 15.9. The highest BCUT2D eigenvalue weighted by Gasteiger charge is 2.46. The first-order chi connectivity index (χ1) is 17.3. The van der Waals surface area contributed by atoms with Crippen molar-refractivity contribution >= 4 is 56.3 Å². The van der Waals surface area contributed by atoms with E-state index in [0.29, 0.717) is 16.9 Å². The van der Waals surface area contributed by atoms with Gasteiger partial charge in [0.25, 0.3) is 10.0 Å². The van der Waals surface area contributed by atoms with Gasteiger partial charge in [-0.3, -0.25) is 9.59 Å². The molecule has 3 fully saturated rings. The van der Waals surface area contributed by atoms with Crippen molar-refractivity contribution in [2.75, 3.05) is 32.7 Å². The number of amides is 2. The number of thiophene rings is 2. The Bertz CT molecular complexity index is 1200. The summed E-state index contributed by atoms with van der Waals surface area (Å²) in [5, 5.41) is 1.93. The van der Waals surface area contributed by atoms with E-state index in [9.17, 15) is 18.0 Å². The molecule has 2 aromatic heterocycles. The van der Waals surface area contributed by atoms with E-state index >= 15 is 0 Å². The van der Waals surface area contributed by atoms with Crippen molar-refractivity contribution in [3.8, 4) is 9.75 Å². The summed E-state index contributed by atoms with van der Waals surface area (Å²) in [4.78, 5) is 34.4. The molecule has 2 aromatic rings. The van der Waals surface area contributed by atoms with Gasteiger partial charge in [-0.25, -0.2) is 8.42 Å². The van der Waals surface area contributed by atoms with Gasteiger partial charge < -0.3 is 14.7 Å². The minimum absolute atomic E-state index is 0.0616. The zero-order valence-electron chi connectivity index (χ0n) is 20.2. The van der Waals surface area contributed by atoms with Crippen LogP contribution in [-0.4, -0.2) is 89.6 Å². The molecule has 0 aliphatic carbocycles. The average molecular weight is 571 g/mol. The Kier molecular flexibility index (Phi) is 7.77. The number of hydrogen-bond donors (Lipinski definition) is 0. The molecule has 0 aromatic carbocycles. The van der Waals surface area contributed by atoms with Crippen LogP contribution >= 0.6 is 34.5 Å². The highest BCUT2D eigenvalue weighted by atomic mass is 35.5. The molecule has 36 heavy (non-hydrogen) atoms. The molecule has 3 saturated heterocycles. The van der Waals surface area contributed by atoms with Crippen LogP contribution in [0, 0.1) is 0 Å². The van der Waals surface area contributed by atoms with Gasteiger partial charge in [0.2, 0.25) is 11.8 Å². The van der Waals surface area contributed by atoms with Gasteiger partial charge in [0.1, 0.15) is 16.3 Å². The number of rotatable bonds is 8. The molecule has 2 amide bonds.